The molecular formula is C10H13NO3. The number of rotatable bonds is 5. The molecule has 0 fully saturated rings. The summed E-state index contributed by atoms with van der Waals surface area (Å²) in [4.78, 5) is 14.9. The number of ether oxygens (including phenoxy) is 2. The second kappa shape index (κ2) is 5.34. The zero-order valence-electron chi connectivity index (χ0n) is 8.32. The summed E-state index contributed by atoms with van der Waals surface area (Å²) in [5.41, 5.74) is 0.587. The van der Waals surface area contributed by atoms with E-state index in [9.17, 15) is 4.79 Å². The minimum atomic E-state index is 0.000872. The molecule has 0 aliphatic carbocycles. The van der Waals surface area contributed by atoms with Crippen LogP contribution < -0.4 is 4.74 Å². The summed E-state index contributed by atoms with van der Waals surface area (Å²) < 4.78 is 10.1. The fraction of sp³-hybridized carbons (Fsp3) is 0.400. The zero-order chi connectivity index (χ0) is 10.4. The average molecular weight is 195 g/mol. The van der Waals surface area contributed by atoms with E-state index >= 15 is 0 Å². The molecule has 0 aromatic carbocycles. The lowest BCUT2D eigenvalue weighted by atomic mass is 10.2. The summed E-state index contributed by atoms with van der Waals surface area (Å²) in [6.45, 7) is 2.49. The average Bonchev–Trinajstić information content (AvgIpc) is 2.19. The number of Topliss-reactive ketones (excluding diaryl/α,β-unsaturated/α-hetero) is 1. The highest BCUT2D eigenvalue weighted by molar-refractivity contribution is 5.93. The van der Waals surface area contributed by atoms with Crippen LogP contribution in [-0.4, -0.2) is 31.1 Å². The maximum absolute atomic E-state index is 10.9. The van der Waals surface area contributed by atoms with Gasteiger partial charge in [0, 0.05) is 24.9 Å². The van der Waals surface area contributed by atoms with Crippen LogP contribution in [0.15, 0.2) is 18.3 Å². The fourth-order valence-corrected chi connectivity index (χ4v) is 0.904. The molecule has 1 aromatic rings. The third-order valence-corrected chi connectivity index (χ3v) is 1.68. The fourth-order valence-electron chi connectivity index (χ4n) is 0.904. The van der Waals surface area contributed by atoms with Gasteiger partial charge < -0.3 is 9.47 Å². The van der Waals surface area contributed by atoms with Gasteiger partial charge >= 0.3 is 0 Å². The molecule has 0 radical (unpaired) electrons. The SMILES string of the molecule is COCCOc1ccc(C(C)=O)cn1. The predicted molar refractivity (Wildman–Crippen MR) is 51.6 cm³/mol. The highest BCUT2D eigenvalue weighted by Crippen LogP contribution is 2.07. The van der Waals surface area contributed by atoms with Crippen LogP contribution in [0.2, 0.25) is 0 Å². The van der Waals surface area contributed by atoms with Crippen molar-refractivity contribution in [3.63, 3.8) is 0 Å². The minimum absolute atomic E-state index is 0.000872. The second-order valence-corrected chi connectivity index (χ2v) is 2.78. The Labute approximate surface area is 82.9 Å². The smallest absolute Gasteiger partial charge is 0.213 e. The molecule has 14 heavy (non-hydrogen) atoms. The summed E-state index contributed by atoms with van der Waals surface area (Å²) in [5, 5.41) is 0. The first-order valence-electron chi connectivity index (χ1n) is 4.33. The van der Waals surface area contributed by atoms with Gasteiger partial charge in [0.2, 0.25) is 5.88 Å². The molecule has 76 valence electrons. The molecule has 0 unspecified atom stereocenters. The van der Waals surface area contributed by atoms with Gasteiger partial charge in [0.05, 0.1) is 6.61 Å². The van der Waals surface area contributed by atoms with E-state index in [4.69, 9.17) is 9.47 Å². The maximum atomic E-state index is 10.9. The molecule has 1 heterocycles. The van der Waals surface area contributed by atoms with E-state index < -0.39 is 0 Å². The molecule has 0 bridgehead atoms. The van der Waals surface area contributed by atoms with Crippen molar-refractivity contribution in [1.82, 2.24) is 4.98 Å². The summed E-state index contributed by atoms with van der Waals surface area (Å²) in [6, 6.07) is 3.36. The van der Waals surface area contributed by atoms with Crippen LogP contribution in [0.3, 0.4) is 0 Å². The van der Waals surface area contributed by atoms with E-state index in [0.29, 0.717) is 24.7 Å². The molecule has 0 spiro atoms. The molecule has 4 nitrogen and oxygen atoms in total. The van der Waals surface area contributed by atoms with Crippen molar-refractivity contribution in [3.05, 3.63) is 23.9 Å². The third-order valence-electron chi connectivity index (χ3n) is 1.68. The lowest BCUT2D eigenvalue weighted by molar-refractivity contribution is 0.101. The monoisotopic (exact) mass is 195 g/mol. The first kappa shape index (κ1) is 10.7. The lowest BCUT2D eigenvalue weighted by Crippen LogP contribution is -2.05. The van der Waals surface area contributed by atoms with Crippen molar-refractivity contribution < 1.29 is 14.3 Å². The minimum Gasteiger partial charge on any atom is -0.475 e. The van der Waals surface area contributed by atoms with Crippen LogP contribution in [0.25, 0.3) is 0 Å². The van der Waals surface area contributed by atoms with Gasteiger partial charge in [0.15, 0.2) is 5.78 Å². The standard InChI is InChI=1S/C10H13NO3/c1-8(12)9-3-4-10(11-7-9)14-6-5-13-2/h3-4,7H,5-6H2,1-2H3. The quantitative estimate of drug-likeness (QED) is 0.525. The van der Waals surface area contributed by atoms with Crippen LogP contribution in [0, 0.1) is 0 Å². The van der Waals surface area contributed by atoms with Crippen LogP contribution in [0.5, 0.6) is 5.88 Å². The predicted octanol–water partition coefficient (Wildman–Crippen LogP) is 1.31. The molecule has 0 saturated carbocycles. The summed E-state index contributed by atoms with van der Waals surface area (Å²) in [5.74, 6) is 0.507. The number of ketones is 1. The number of methoxy groups -OCH3 is 1. The number of hydrogen-bond donors (Lipinski definition) is 0. The van der Waals surface area contributed by atoms with E-state index in [-0.39, 0.29) is 5.78 Å². The van der Waals surface area contributed by atoms with Crippen LogP contribution in [0.1, 0.15) is 17.3 Å². The van der Waals surface area contributed by atoms with Gasteiger partial charge in [-0.2, -0.15) is 0 Å². The van der Waals surface area contributed by atoms with Crippen LogP contribution in [-0.2, 0) is 4.74 Å². The van der Waals surface area contributed by atoms with Crippen LogP contribution in [0.4, 0.5) is 0 Å². The number of nitrogens with zero attached hydrogens (tertiary/aromatic N) is 1. The first-order valence-corrected chi connectivity index (χ1v) is 4.33. The van der Waals surface area contributed by atoms with Crippen molar-refractivity contribution in [2.24, 2.45) is 0 Å². The van der Waals surface area contributed by atoms with Crippen molar-refractivity contribution in [2.45, 2.75) is 6.92 Å². The van der Waals surface area contributed by atoms with E-state index in [1.54, 1.807) is 19.2 Å². The molecule has 0 N–H and O–H groups in total. The molecule has 1 aromatic heterocycles. The van der Waals surface area contributed by atoms with Crippen molar-refractivity contribution in [3.8, 4) is 5.88 Å². The van der Waals surface area contributed by atoms with Crippen molar-refractivity contribution in [1.29, 1.82) is 0 Å². The summed E-state index contributed by atoms with van der Waals surface area (Å²) in [6.07, 6.45) is 1.50. The normalized spacial score (nSPS) is 9.86. The number of aromatic nitrogens is 1. The second-order valence-electron chi connectivity index (χ2n) is 2.78. The Morgan fingerprint density at radius 3 is 2.71 bits per heavy atom. The van der Waals surface area contributed by atoms with Gasteiger partial charge in [-0.1, -0.05) is 0 Å². The van der Waals surface area contributed by atoms with Gasteiger partial charge in [-0.05, 0) is 13.0 Å². The number of carbonyl (C=O) groups is 1. The summed E-state index contributed by atoms with van der Waals surface area (Å²) in [7, 11) is 1.61. The molecule has 4 heteroatoms. The van der Waals surface area contributed by atoms with Gasteiger partial charge in [-0.15, -0.1) is 0 Å². The Hall–Kier alpha value is -1.42. The van der Waals surface area contributed by atoms with Gasteiger partial charge in [-0.25, -0.2) is 4.98 Å². The maximum Gasteiger partial charge on any atom is 0.213 e. The highest BCUT2D eigenvalue weighted by Gasteiger charge is 2.00. The molecule has 1 rings (SSSR count). The van der Waals surface area contributed by atoms with E-state index in [1.165, 1.54) is 13.1 Å². The molecule has 0 amide bonds. The van der Waals surface area contributed by atoms with Gasteiger partial charge in [-0.3, -0.25) is 4.79 Å². The Kier molecular flexibility index (Phi) is 4.07. The highest BCUT2D eigenvalue weighted by atomic mass is 16.5. The van der Waals surface area contributed by atoms with E-state index in [2.05, 4.69) is 4.98 Å². The molecule has 0 aliphatic rings. The zero-order valence-corrected chi connectivity index (χ0v) is 8.32. The largest absolute Gasteiger partial charge is 0.475 e. The van der Waals surface area contributed by atoms with Crippen molar-refractivity contribution >= 4 is 5.78 Å². The first-order chi connectivity index (χ1) is 6.74. The van der Waals surface area contributed by atoms with Gasteiger partial charge in [0.1, 0.15) is 6.61 Å². The molecular weight excluding hydrogens is 182 g/mol. The van der Waals surface area contributed by atoms with Crippen LogP contribution >= 0.6 is 0 Å². The number of carbonyl (C=O) groups excluding carboxylic acids is 1. The topological polar surface area (TPSA) is 48.4 Å². The molecule has 0 saturated heterocycles. The Morgan fingerprint density at radius 1 is 1.43 bits per heavy atom. The molecule has 0 atom stereocenters. The lowest BCUT2D eigenvalue weighted by Gasteiger charge is -2.03. The summed E-state index contributed by atoms with van der Waals surface area (Å²) >= 11 is 0. The van der Waals surface area contributed by atoms with E-state index in [1.807, 2.05) is 0 Å². The third kappa shape index (κ3) is 3.14. The number of pyridine rings is 1. The Bertz CT molecular complexity index is 295. The Balaban J connectivity index is 2.51. The Morgan fingerprint density at radius 2 is 2.21 bits per heavy atom. The van der Waals surface area contributed by atoms with Gasteiger partial charge in [0.25, 0.3) is 0 Å². The van der Waals surface area contributed by atoms with E-state index in [0.717, 1.165) is 0 Å². The molecule has 0 aliphatic heterocycles. The van der Waals surface area contributed by atoms with Crippen molar-refractivity contribution in [2.75, 3.05) is 20.3 Å². The number of hydrogen-bond acceptors (Lipinski definition) is 4.